The summed E-state index contributed by atoms with van der Waals surface area (Å²) in [4.78, 5) is 22.6. The van der Waals surface area contributed by atoms with Crippen LogP contribution in [-0.2, 0) is 19.1 Å². The Morgan fingerprint density at radius 2 is 1.76 bits per heavy atom. The van der Waals surface area contributed by atoms with Crippen molar-refractivity contribution in [2.24, 2.45) is 0 Å². The second-order valence-corrected chi connectivity index (χ2v) is 5.23. The molecule has 1 radical (unpaired) electrons. The van der Waals surface area contributed by atoms with Gasteiger partial charge in [-0.1, -0.05) is 6.07 Å². The second kappa shape index (κ2) is 6.97. The molecule has 0 saturated heterocycles. The SMILES string of the molecule is COc1ccc(C(O[C]=O)C(=O)OC(C)(C)C)cc1OC. The molecule has 0 fully saturated rings. The molecule has 0 saturated carbocycles. The summed E-state index contributed by atoms with van der Waals surface area (Å²) in [6.45, 7) is 6.45. The molecule has 1 atom stereocenters. The molecule has 1 aromatic rings. The van der Waals surface area contributed by atoms with Crippen LogP contribution in [-0.4, -0.2) is 32.3 Å². The average Bonchev–Trinajstić information content (AvgIpc) is 2.42. The lowest BCUT2D eigenvalue weighted by Crippen LogP contribution is -2.28. The zero-order valence-electron chi connectivity index (χ0n) is 12.8. The number of methoxy groups -OCH3 is 2. The van der Waals surface area contributed by atoms with E-state index in [0.717, 1.165) is 0 Å². The van der Waals surface area contributed by atoms with E-state index in [2.05, 4.69) is 0 Å². The Morgan fingerprint density at radius 3 is 2.24 bits per heavy atom. The molecule has 6 heteroatoms. The van der Waals surface area contributed by atoms with Gasteiger partial charge in [0.05, 0.1) is 14.2 Å². The minimum Gasteiger partial charge on any atom is -0.493 e. The predicted molar refractivity (Wildman–Crippen MR) is 74.9 cm³/mol. The summed E-state index contributed by atoms with van der Waals surface area (Å²) in [7, 11) is 2.97. The van der Waals surface area contributed by atoms with Crippen LogP contribution >= 0.6 is 0 Å². The van der Waals surface area contributed by atoms with Gasteiger partial charge in [-0.15, -0.1) is 0 Å². The number of hydrogen-bond donors (Lipinski definition) is 0. The number of ether oxygens (including phenoxy) is 4. The molecule has 1 aromatic carbocycles. The van der Waals surface area contributed by atoms with Crippen molar-refractivity contribution in [1.29, 1.82) is 0 Å². The Balaban J connectivity index is 3.10. The van der Waals surface area contributed by atoms with Crippen LogP contribution in [0.2, 0.25) is 0 Å². The summed E-state index contributed by atoms with van der Waals surface area (Å²) in [5, 5.41) is 0. The highest BCUT2D eigenvalue weighted by atomic mass is 16.6. The van der Waals surface area contributed by atoms with Crippen molar-refractivity contribution >= 4 is 12.4 Å². The van der Waals surface area contributed by atoms with Gasteiger partial charge in [0.1, 0.15) is 5.60 Å². The van der Waals surface area contributed by atoms with Crippen LogP contribution in [0.4, 0.5) is 0 Å². The van der Waals surface area contributed by atoms with Gasteiger partial charge in [0.25, 0.3) is 0 Å². The fourth-order valence-corrected chi connectivity index (χ4v) is 1.67. The predicted octanol–water partition coefficient (Wildman–Crippen LogP) is 2.17. The fraction of sp³-hybridized carbons (Fsp3) is 0.467. The minimum atomic E-state index is -1.21. The van der Waals surface area contributed by atoms with Gasteiger partial charge in [-0.05, 0) is 32.9 Å². The lowest BCUT2D eigenvalue weighted by molar-refractivity contribution is -0.164. The maximum absolute atomic E-state index is 12.1. The second-order valence-electron chi connectivity index (χ2n) is 5.23. The van der Waals surface area contributed by atoms with E-state index in [0.29, 0.717) is 17.1 Å². The zero-order valence-corrected chi connectivity index (χ0v) is 12.8. The third-order valence-electron chi connectivity index (χ3n) is 2.50. The highest BCUT2D eigenvalue weighted by Gasteiger charge is 2.29. The van der Waals surface area contributed by atoms with Gasteiger partial charge in [-0.2, -0.15) is 0 Å². The lowest BCUT2D eigenvalue weighted by atomic mass is 10.1. The number of benzene rings is 1. The van der Waals surface area contributed by atoms with Gasteiger partial charge >= 0.3 is 12.4 Å². The topological polar surface area (TPSA) is 71.1 Å². The first kappa shape index (κ1) is 16.8. The van der Waals surface area contributed by atoms with E-state index >= 15 is 0 Å². The molecule has 0 aliphatic heterocycles. The molecule has 0 aliphatic carbocycles. The van der Waals surface area contributed by atoms with Crippen LogP contribution in [0.15, 0.2) is 18.2 Å². The quantitative estimate of drug-likeness (QED) is 0.749. The highest BCUT2D eigenvalue weighted by Crippen LogP contribution is 2.31. The average molecular weight is 295 g/mol. The molecule has 1 rings (SSSR count). The maximum Gasteiger partial charge on any atom is 0.418 e. The lowest BCUT2D eigenvalue weighted by Gasteiger charge is -2.23. The van der Waals surface area contributed by atoms with Crippen molar-refractivity contribution in [1.82, 2.24) is 0 Å². The molecule has 0 spiro atoms. The van der Waals surface area contributed by atoms with Gasteiger partial charge in [0.2, 0.25) is 6.10 Å². The monoisotopic (exact) mass is 295 g/mol. The van der Waals surface area contributed by atoms with Gasteiger partial charge in [-0.25, -0.2) is 9.59 Å². The molecule has 0 aliphatic rings. The van der Waals surface area contributed by atoms with Crippen molar-refractivity contribution in [3.05, 3.63) is 23.8 Å². The summed E-state index contributed by atoms with van der Waals surface area (Å²) in [5.41, 5.74) is -0.289. The third kappa shape index (κ3) is 4.66. The van der Waals surface area contributed by atoms with Crippen molar-refractivity contribution in [3.8, 4) is 11.5 Å². The largest absolute Gasteiger partial charge is 0.493 e. The normalized spacial score (nSPS) is 12.2. The standard InChI is InChI=1S/C15H19O6/c1-15(2,3)21-14(17)13(20-9-16)10-6-7-11(18-4)12(8-10)19-5/h6-8,13H,1-5H3. The molecule has 0 bridgehead atoms. The van der Waals surface area contributed by atoms with E-state index in [1.807, 2.05) is 0 Å². The van der Waals surface area contributed by atoms with Crippen molar-refractivity contribution in [3.63, 3.8) is 0 Å². The first-order valence-electron chi connectivity index (χ1n) is 6.30. The van der Waals surface area contributed by atoms with Crippen molar-refractivity contribution in [2.45, 2.75) is 32.5 Å². The molecule has 1 unspecified atom stereocenters. The van der Waals surface area contributed by atoms with Crippen LogP contribution in [0, 0.1) is 0 Å². The Morgan fingerprint density at radius 1 is 1.14 bits per heavy atom. The van der Waals surface area contributed by atoms with Crippen LogP contribution in [0.1, 0.15) is 32.4 Å². The Bertz CT molecular complexity index is 503. The van der Waals surface area contributed by atoms with Crippen molar-refractivity contribution in [2.75, 3.05) is 14.2 Å². The number of esters is 1. The smallest absolute Gasteiger partial charge is 0.418 e. The summed E-state index contributed by atoms with van der Waals surface area (Å²) in [6, 6.07) is 4.75. The minimum absolute atomic E-state index is 0.408. The summed E-state index contributed by atoms with van der Waals surface area (Å²) in [6.07, 6.45) is -1.21. The van der Waals surface area contributed by atoms with Crippen LogP contribution in [0.5, 0.6) is 11.5 Å². The van der Waals surface area contributed by atoms with Crippen LogP contribution < -0.4 is 9.47 Å². The van der Waals surface area contributed by atoms with E-state index in [1.165, 1.54) is 20.7 Å². The van der Waals surface area contributed by atoms with E-state index in [1.54, 1.807) is 39.0 Å². The zero-order chi connectivity index (χ0) is 16.0. The molecule has 115 valence electrons. The van der Waals surface area contributed by atoms with Gasteiger partial charge in [-0.3, -0.25) is 0 Å². The van der Waals surface area contributed by atoms with Gasteiger partial charge in [0, 0.05) is 5.56 Å². The number of hydrogen-bond acceptors (Lipinski definition) is 6. The number of rotatable bonds is 6. The molecule has 0 aromatic heterocycles. The molecule has 0 heterocycles. The molecule has 6 nitrogen and oxygen atoms in total. The maximum atomic E-state index is 12.1. The first-order valence-corrected chi connectivity index (χ1v) is 6.30. The third-order valence-corrected chi connectivity index (χ3v) is 2.50. The first-order chi connectivity index (χ1) is 9.82. The summed E-state index contributed by atoms with van der Waals surface area (Å²) in [5.74, 6) is 0.232. The molecule has 0 amide bonds. The van der Waals surface area contributed by atoms with Crippen LogP contribution in [0.25, 0.3) is 0 Å². The van der Waals surface area contributed by atoms with E-state index in [4.69, 9.17) is 18.9 Å². The molecule has 21 heavy (non-hydrogen) atoms. The molecule has 0 N–H and O–H groups in total. The number of carbonyl (C=O) groups is 1. The number of carbonyl (C=O) groups excluding carboxylic acids is 2. The van der Waals surface area contributed by atoms with Gasteiger partial charge < -0.3 is 18.9 Å². The van der Waals surface area contributed by atoms with E-state index < -0.39 is 17.7 Å². The van der Waals surface area contributed by atoms with E-state index in [-0.39, 0.29) is 0 Å². The van der Waals surface area contributed by atoms with E-state index in [9.17, 15) is 9.59 Å². The Labute approximate surface area is 123 Å². The highest BCUT2D eigenvalue weighted by molar-refractivity contribution is 5.78. The summed E-state index contributed by atoms with van der Waals surface area (Å²) < 4.78 is 20.2. The fourth-order valence-electron chi connectivity index (χ4n) is 1.67. The van der Waals surface area contributed by atoms with Crippen LogP contribution in [0.3, 0.4) is 0 Å². The Kier molecular flexibility index (Phi) is 5.58. The van der Waals surface area contributed by atoms with Gasteiger partial charge in [0.15, 0.2) is 11.5 Å². The Hall–Kier alpha value is -2.24. The summed E-state index contributed by atoms with van der Waals surface area (Å²) >= 11 is 0. The molecular weight excluding hydrogens is 276 g/mol. The van der Waals surface area contributed by atoms with Crippen molar-refractivity contribution < 1.29 is 28.5 Å². The molecular formula is C15H19O6.